The molecule has 3 heterocycles. The van der Waals surface area contributed by atoms with Gasteiger partial charge in [0.25, 0.3) is 0 Å². The van der Waals surface area contributed by atoms with Crippen molar-refractivity contribution in [2.75, 3.05) is 19.6 Å². The van der Waals surface area contributed by atoms with Gasteiger partial charge in [-0.2, -0.15) is 0 Å². The van der Waals surface area contributed by atoms with E-state index in [-0.39, 0.29) is 17.6 Å². The molecule has 1 amide bonds. The molecule has 2 aliphatic heterocycles. The number of likely N-dealkylation sites (tertiary alicyclic amines) is 1. The molecule has 0 saturated carbocycles. The third-order valence-electron chi connectivity index (χ3n) is 5.76. The summed E-state index contributed by atoms with van der Waals surface area (Å²) in [5, 5.41) is 4.09. The lowest BCUT2D eigenvalue weighted by Crippen LogP contribution is -2.44. The topological polar surface area (TPSA) is 54.5 Å². The number of fused-ring (bicyclic) bond motifs is 1. The first kappa shape index (κ1) is 17.4. The molecule has 0 aliphatic carbocycles. The molecule has 2 aliphatic rings. The van der Waals surface area contributed by atoms with Crippen LogP contribution >= 0.6 is 0 Å². The summed E-state index contributed by atoms with van der Waals surface area (Å²) in [7, 11) is 0. The minimum absolute atomic E-state index is 0.0231. The Hall–Kier alpha value is -1.98. The van der Waals surface area contributed by atoms with Crippen molar-refractivity contribution in [3.8, 4) is 0 Å². The van der Waals surface area contributed by atoms with Crippen molar-refractivity contribution in [3.05, 3.63) is 42.1 Å². The first-order chi connectivity index (χ1) is 12.6. The molecule has 1 aromatic carbocycles. The maximum Gasteiger partial charge on any atom is 0.216 e. The van der Waals surface area contributed by atoms with Crippen LogP contribution < -0.4 is 5.32 Å². The third kappa shape index (κ3) is 3.89. The molecule has 26 heavy (non-hydrogen) atoms. The Kier molecular flexibility index (Phi) is 4.92. The van der Waals surface area contributed by atoms with E-state index in [1.807, 2.05) is 12.3 Å². The van der Waals surface area contributed by atoms with Crippen molar-refractivity contribution < 1.29 is 9.53 Å². The highest BCUT2D eigenvalue weighted by atomic mass is 16.5. The summed E-state index contributed by atoms with van der Waals surface area (Å²) in [6.45, 7) is 5.32. The molecule has 2 fully saturated rings. The number of nitrogens with one attached hydrogen (secondary N) is 1. The van der Waals surface area contributed by atoms with Gasteiger partial charge in [0, 0.05) is 44.7 Å². The molecule has 1 N–H and O–H groups in total. The molecule has 1 atom stereocenters. The molecule has 138 valence electrons. The van der Waals surface area contributed by atoms with Gasteiger partial charge in [0.1, 0.15) is 0 Å². The van der Waals surface area contributed by atoms with Gasteiger partial charge in [-0.1, -0.05) is 12.1 Å². The van der Waals surface area contributed by atoms with Crippen molar-refractivity contribution in [2.24, 2.45) is 0 Å². The lowest BCUT2D eigenvalue weighted by molar-refractivity contribution is -0.120. The van der Waals surface area contributed by atoms with E-state index < -0.39 is 0 Å². The van der Waals surface area contributed by atoms with Crippen molar-refractivity contribution in [1.29, 1.82) is 0 Å². The molecule has 0 bridgehead atoms. The van der Waals surface area contributed by atoms with Gasteiger partial charge in [-0.15, -0.1) is 0 Å². The van der Waals surface area contributed by atoms with E-state index in [1.54, 1.807) is 6.92 Å². The molecular weight excluding hydrogens is 326 g/mol. The van der Waals surface area contributed by atoms with Crippen LogP contribution in [-0.4, -0.2) is 47.1 Å². The van der Waals surface area contributed by atoms with Gasteiger partial charge in [0.2, 0.25) is 5.91 Å². The number of hydrogen-bond donors (Lipinski definition) is 1. The van der Waals surface area contributed by atoms with E-state index in [9.17, 15) is 4.79 Å². The molecule has 4 rings (SSSR count). The smallest absolute Gasteiger partial charge is 0.216 e. The number of ether oxygens (including phenoxy) is 1. The molecule has 2 aromatic rings. The van der Waals surface area contributed by atoms with Gasteiger partial charge in [-0.25, -0.2) is 0 Å². The van der Waals surface area contributed by atoms with Crippen molar-refractivity contribution in [3.63, 3.8) is 0 Å². The fraction of sp³-hybridized carbons (Fsp3) is 0.524. The summed E-state index contributed by atoms with van der Waals surface area (Å²) in [5.41, 5.74) is 2.43. The predicted octanol–water partition coefficient (Wildman–Crippen LogP) is 2.88. The lowest BCUT2D eigenvalue weighted by atomic mass is 9.88. The van der Waals surface area contributed by atoms with E-state index >= 15 is 0 Å². The van der Waals surface area contributed by atoms with Gasteiger partial charge in [-0.05, 0) is 49.4 Å². The fourth-order valence-electron chi connectivity index (χ4n) is 4.26. The molecule has 1 aromatic heterocycles. The highest BCUT2D eigenvalue weighted by Gasteiger charge is 2.42. The first-order valence-corrected chi connectivity index (χ1v) is 9.60. The second-order valence-corrected chi connectivity index (χ2v) is 7.71. The Morgan fingerprint density at radius 1 is 1.31 bits per heavy atom. The van der Waals surface area contributed by atoms with E-state index in [0.29, 0.717) is 6.54 Å². The number of piperidine rings is 1. The van der Waals surface area contributed by atoms with E-state index in [4.69, 9.17) is 4.74 Å². The van der Waals surface area contributed by atoms with Gasteiger partial charge in [0.05, 0.1) is 17.2 Å². The summed E-state index contributed by atoms with van der Waals surface area (Å²) >= 11 is 0. The van der Waals surface area contributed by atoms with Crippen molar-refractivity contribution in [2.45, 2.75) is 50.9 Å². The number of carbonyl (C=O) groups excluding carboxylic acids is 1. The first-order valence-electron chi connectivity index (χ1n) is 9.60. The Bertz CT molecular complexity index is 784. The monoisotopic (exact) mass is 353 g/mol. The number of pyridine rings is 1. The average molecular weight is 353 g/mol. The van der Waals surface area contributed by atoms with Gasteiger partial charge < -0.3 is 10.1 Å². The Balaban J connectivity index is 1.31. The highest BCUT2D eigenvalue weighted by molar-refractivity contribution is 5.78. The average Bonchev–Trinajstić information content (AvgIpc) is 3.05. The fourth-order valence-corrected chi connectivity index (χ4v) is 4.26. The standard InChI is InChI=1S/C21H27N3O2/c1-16(25)23-14-19-6-7-21(26-19)8-11-24(12-9-21)15-17-4-5-20-18(13-17)3-2-10-22-20/h2-5,10,13,19H,6-9,11-12,14-15H2,1H3,(H,23,25). The van der Waals surface area contributed by atoms with Crippen LogP contribution in [0.4, 0.5) is 0 Å². The summed E-state index contributed by atoms with van der Waals surface area (Å²) in [6.07, 6.45) is 6.35. The van der Waals surface area contributed by atoms with E-state index in [0.717, 1.165) is 50.8 Å². The third-order valence-corrected chi connectivity index (χ3v) is 5.76. The highest BCUT2D eigenvalue weighted by Crippen LogP contribution is 2.39. The molecular formula is C21H27N3O2. The lowest BCUT2D eigenvalue weighted by Gasteiger charge is -2.39. The number of hydrogen-bond acceptors (Lipinski definition) is 4. The van der Waals surface area contributed by atoms with Crippen LogP contribution in [-0.2, 0) is 16.1 Å². The second-order valence-electron chi connectivity index (χ2n) is 7.71. The molecule has 0 radical (unpaired) electrons. The van der Waals surface area contributed by atoms with Crippen LogP contribution in [0, 0.1) is 0 Å². The van der Waals surface area contributed by atoms with E-state index in [2.05, 4.69) is 39.5 Å². The molecule has 5 heteroatoms. The predicted molar refractivity (Wildman–Crippen MR) is 102 cm³/mol. The number of aromatic nitrogens is 1. The minimum Gasteiger partial charge on any atom is -0.370 e. The zero-order valence-corrected chi connectivity index (χ0v) is 15.4. The Labute approximate surface area is 154 Å². The Morgan fingerprint density at radius 2 is 2.15 bits per heavy atom. The zero-order valence-electron chi connectivity index (χ0n) is 15.4. The van der Waals surface area contributed by atoms with Crippen molar-refractivity contribution >= 4 is 16.8 Å². The number of nitrogens with zero attached hydrogens (tertiary/aromatic N) is 2. The van der Waals surface area contributed by atoms with Crippen molar-refractivity contribution in [1.82, 2.24) is 15.2 Å². The summed E-state index contributed by atoms with van der Waals surface area (Å²) in [4.78, 5) is 18.0. The van der Waals surface area contributed by atoms with E-state index in [1.165, 1.54) is 10.9 Å². The second kappa shape index (κ2) is 7.33. The molecule has 1 spiro atoms. The van der Waals surface area contributed by atoms with Crippen LogP contribution in [0.5, 0.6) is 0 Å². The minimum atomic E-state index is 0.0231. The largest absolute Gasteiger partial charge is 0.370 e. The number of amides is 1. The SMILES string of the molecule is CC(=O)NCC1CCC2(CCN(Cc3ccc4ncccc4c3)CC2)O1. The van der Waals surface area contributed by atoms with Crippen LogP contribution in [0.1, 0.15) is 38.2 Å². The summed E-state index contributed by atoms with van der Waals surface area (Å²) in [6, 6.07) is 10.7. The number of carbonyl (C=O) groups is 1. The Morgan fingerprint density at radius 3 is 2.96 bits per heavy atom. The van der Waals surface area contributed by atoms with Gasteiger partial charge in [0.15, 0.2) is 0 Å². The summed E-state index contributed by atoms with van der Waals surface area (Å²) in [5.74, 6) is 0.0231. The molecule has 5 nitrogen and oxygen atoms in total. The quantitative estimate of drug-likeness (QED) is 0.918. The zero-order chi connectivity index (χ0) is 18.0. The van der Waals surface area contributed by atoms with Crippen LogP contribution in [0.25, 0.3) is 10.9 Å². The normalized spacial score (nSPS) is 22.7. The molecule has 2 saturated heterocycles. The summed E-state index contributed by atoms with van der Waals surface area (Å²) < 4.78 is 6.35. The number of rotatable bonds is 4. The maximum absolute atomic E-state index is 11.1. The number of benzene rings is 1. The van der Waals surface area contributed by atoms with Crippen LogP contribution in [0.15, 0.2) is 36.5 Å². The van der Waals surface area contributed by atoms with Gasteiger partial charge >= 0.3 is 0 Å². The maximum atomic E-state index is 11.1. The molecule has 1 unspecified atom stereocenters. The van der Waals surface area contributed by atoms with Crippen LogP contribution in [0.3, 0.4) is 0 Å². The van der Waals surface area contributed by atoms with Gasteiger partial charge in [-0.3, -0.25) is 14.7 Å². The van der Waals surface area contributed by atoms with Crippen LogP contribution in [0.2, 0.25) is 0 Å².